The number of hydrogen-bond acceptors (Lipinski definition) is 2. The molecule has 0 unspecified atom stereocenters. The van der Waals surface area contributed by atoms with E-state index >= 15 is 0 Å². The Morgan fingerprint density at radius 2 is 1.92 bits per heavy atom. The zero-order valence-corrected chi connectivity index (χ0v) is 7.45. The normalized spacial score (nSPS) is 11.7. The third kappa shape index (κ3) is 2.93. The van der Waals surface area contributed by atoms with Crippen molar-refractivity contribution in [1.29, 1.82) is 0 Å². The molecule has 0 fully saturated rings. The predicted molar refractivity (Wildman–Crippen MR) is 46.3 cm³/mol. The third-order valence-corrected chi connectivity index (χ3v) is 2.35. The van der Waals surface area contributed by atoms with Gasteiger partial charge in [-0.1, -0.05) is 12.1 Å². The maximum atomic E-state index is 12.9. The number of thioether (sulfide) groups is 1. The van der Waals surface area contributed by atoms with E-state index in [1.165, 1.54) is 18.2 Å². The molecule has 0 spiro atoms. The molecule has 1 nitrogen and oxygen atoms in total. The molecule has 0 bridgehead atoms. The van der Waals surface area contributed by atoms with Crippen LogP contribution in [0.5, 0.6) is 0 Å². The second kappa shape index (κ2) is 4.02. The van der Waals surface area contributed by atoms with Crippen LogP contribution in [0.2, 0.25) is 0 Å². The summed E-state index contributed by atoms with van der Waals surface area (Å²) >= 11 is 0.139. The fraction of sp³-hybridized carbons (Fsp3) is 0.250. The first-order valence-electron chi connectivity index (χ1n) is 3.56. The number of rotatable bonds is 3. The predicted octanol–water partition coefficient (Wildman–Crippen LogP) is 2.47. The highest BCUT2D eigenvalue weighted by Gasteiger charge is 2.29. The van der Waals surface area contributed by atoms with E-state index in [1.54, 1.807) is 0 Å². The quantitative estimate of drug-likeness (QED) is 0.770. The lowest BCUT2D eigenvalue weighted by Gasteiger charge is -2.12. The zero-order chi connectivity index (χ0) is 9.90. The molecule has 0 aromatic heterocycles. The summed E-state index contributed by atoms with van der Waals surface area (Å²) < 4.78 is 38.2. The minimum Gasteiger partial charge on any atom is -0.324 e. The van der Waals surface area contributed by atoms with Gasteiger partial charge in [-0.2, -0.15) is 8.78 Å². The number of nitrogens with two attached hydrogens (primary N) is 1. The first kappa shape index (κ1) is 10.4. The van der Waals surface area contributed by atoms with Gasteiger partial charge < -0.3 is 5.73 Å². The summed E-state index contributed by atoms with van der Waals surface area (Å²) in [6.07, 6.45) is 0. The highest BCUT2D eigenvalue weighted by atomic mass is 32.2. The van der Waals surface area contributed by atoms with Gasteiger partial charge in [-0.3, -0.25) is 0 Å². The van der Waals surface area contributed by atoms with Crippen LogP contribution in [0.4, 0.5) is 13.2 Å². The lowest BCUT2D eigenvalue weighted by atomic mass is 10.3. The maximum Gasteiger partial charge on any atom is 0.310 e. The van der Waals surface area contributed by atoms with Crippen molar-refractivity contribution in [2.45, 2.75) is 10.2 Å². The van der Waals surface area contributed by atoms with E-state index in [0.29, 0.717) is 0 Å². The standard InChI is InChI=1S/C8H8F3NS/c9-6-3-1-2-4-7(6)13-8(10,11)5-12/h1-4H,5,12H2. The van der Waals surface area contributed by atoms with Gasteiger partial charge in [-0.05, 0) is 23.9 Å². The molecule has 0 saturated heterocycles. The summed E-state index contributed by atoms with van der Waals surface area (Å²) in [6.45, 7) is -0.800. The highest BCUT2D eigenvalue weighted by Crippen LogP contribution is 2.35. The molecule has 0 aliphatic heterocycles. The van der Waals surface area contributed by atoms with Gasteiger partial charge in [0.05, 0.1) is 6.54 Å². The molecule has 72 valence electrons. The number of halogens is 3. The summed E-state index contributed by atoms with van der Waals surface area (Å²) in [7, 11) is 0. The van der Waals surface area contributed by atoms with E-state index < -0.39 is 17.6 Å². The van der Waals surface area contributed by atoms with Crippen molar-refractivity contribution in [3.8, 4) is 0 Å². The van der Waals surface area contributed by atoms with Crippen molar-refractivity contribution in [1.82, 2.24) is 0 Å². The van der Waals surface area contributed by atoms with Crippen molar-refractivity contribution in [2.24, 2.45) is 5.73 Å². The first-order valence-corrected chi connectivity index (χ1v) is 4.38. The van der Waals surface area contributed by atoms with Crippen LogP contribution in [0, 0.1) is 5.82 Å². The van der Waals surface area contributed by atoms with Crippen molar-refractivity contribution < 1.29 is 13.2 Å². The molecular weight excluding hydrogens is 199 g/mol. The van der Waals surface area contributed by atoms with Crippen LogP contribution in [0.1, 0.15) is 0 Å². The van der Waals surface area contributed by atoms with Crippen molar-refractivity contribution in [3.63, 3.8) is 0 Å². The Bertz CT molecular complexity index is 290. The number of benzene rings is 1. The molecule has 0 radical (unpaired) electrons. The maximum absolute atomic E-state index is 12.9. The van der Waals surface area contributed by atoms with Gasteiger partial charge in [0.1, 0.15) is 5.82 Å². The fourth-order valence-electron chi connectivity index (χ4n) is 0.730. The van der Waals surface area contributed by atoms with E-state index in [9.17, 15) is 13.2 Å². The molecule has 0 aliphatic carbocycles. The van der Waals surface area contributed by atoms with Crippen LogP contribution in [0.15, 0.2) is 29.2 Å². The molecule has 0 aliphatic rings. The molecule has 0 atom stereocenters. The van der Waals surface area contributed by atoms with Crippen LogP contribution >= 0.6 is 11.8 Å². The second-order valence-corrected chi connectivity index (χ2v) is 3.62. The Balaban J connectivity index is 2.80. The molecule has 0 amide bonds. The minimum absolute atomic E-state index is 0.0852. The van der Waals surface area contributed by atoms with Gasteiger partial charge in [0, 0.05) is 4.90 Å². The zero-order valence-electron chi connectivity index (χ0n) is 6.64. The summed E-state index contributed by atoms with van der Waals surface area (Å²) in [4.78, 5) is -0.0852. The summed E-state index contributed by atoms with van der Waals surface area (Å²) in [5.41, 5.74) is 4.81. The molecule has 2 N–H and O–H groups in total. The third-order valence-electron chi connectivity index (χ3n) is 1.33. The van der Waals surface area contributed by atoms with Crippen LogP contribution in [-0.4, -0.2) is 11.8 Å². The summed E-state index contributed by atoms with van der Waals surface area (Å²) in [5.74, 6) is -0.652. The van der Waals surface area contributed by atoms with Gasteiger partial charge >= 0.3 is 5.25 Å². The van der Waals surface area contributed by atoms with Crippen LogP contribution < -0.4 is 5.73 Å². The lowest BCUT2D eigenvalue weighted by Crippen LogP contribution is -2.23. The largest absolute Gasteiger partial charge is 0.324 e. The number of alkyl halides is 2. The Labute approximate surface area is 78.1 Å². The number of hydrogen-bond donors (Lipinski definition) is 1. The van der Waals surface area contributed by atoms with Gasteiger partial charge in [0.2, 0.25) is 0 Å². The smallest absolute Gasteiger partial charge is 0.310 e. The molecule has 1 aromatic rings. The molecule has 1 rings (SSSR count). The van der Waals surface area contributed by atoms with Gasteiger partial charge in [-0.15, -0.1) is 0 Å². The molecule has 1 aromatic carbocycles. The Morgan fingerprint density at radius 1 is 1.31 bits per heavy atom. The summed E-state index contributed by atoms with van der Waals surface area (Å²) in [6, 6.07) is 5.37. The molecule has 0 heterocycles. The lowest BCUT2D eigenvalue weighted by molar-refractivity contribution is 0.116. The van der Waals surface area contributed by atoms with Crippen LogP contribution in [-0.2, 0) is 0 Å². The molecule has 13 heavy (non-hydrogen) atoms. The van der Waals surface area contributed by atoms with E-state index in [4.69, 9.17) is 5.73 Å². The SMILES string of the molecule is NCC(F)(F)Sc1ccccc1F. The van der Waals surface area contributed by atoms with E-state index in [0.717, 1.165) is 6.07 Å². The van der Waals surface area contributed by atoms with Gasteiger partial charge in [-0.25, -0.2) is 4.39 Å². The Morgan fingerprint density at radius 3 is 2.46 bits per heavy atom. The Hall–Kier alpha value is -0.680. The monoisotopic (exact) mass is 207 g/mol. The van der Waals surface area contributed by atoms with Crippen molar-refractivity contribution in [3.05, 3.63) is 30.1 Å². The van der Waals surface area contributed by atoms with Crippen LogP contribution in [0.25, 0.3) is 0 Å². The van der Waals surface area contributed by atoms with Gasteiger partial charge in [0.25, 0.3) is 0 Å². The van der Waals surface area contributed by atoms with Crippen LogP contribution in [0.3, 0.4) is 0 Å². The van der Waals surface area contributed by atoms with E-state index in [2.05, 4.69) is 0 Å². The molecule has 5 heteroatoms. The average Bonchev–Trinajstić information content (AvgIpc) is 2.09. The second-order valence-electron chi connectivity index (χ2n) is 2.37. The van der Waals surface area contributed by atoms with Gasteiger partial charge in [0.15, 0.2) is 0 Å². The molecule has 0 saturated carbocycles. The van der Waals surface area contributed by atoms with E-state index in [-0.39, 0.29) is 16.7 Å². The highest BCUT2D eigenvalue weighted by molar-refractivity contribution is 8.00. The topological polar surface area (TPSA) is 26.0 Å². The first-order chi connectivity index (χ1) is 6.05. The average molecular weight is 207 g/mol. The minimum atomic E-state index is -3.11. The van der Waals surface area contributed by atoms with Crippen molar-refractivity contribution >= 4 is 11.8 Å². The molecular formula is C8H8F3NS. The van der Waals surface area contributed by atoms with E-state index in [1.807, 2.05) is 0 Å². The van der Waals surface area contributed by atoms with Crippen molar-refractivity contribution in [2.75, 3.05) is 6.54 Å². The Kier molecular flexibility index (Phi) is 3.22. The fourth-order valence-corrected chi connectivity index (χ4v) is 1.45. The summed E-state index contributed by atoms with van der Waals surface area (Å²) in [5, 5.41) is -3.11.